The van der Waals surface area contributed by atoms with E-state index >= 15 is 0 Å². The van der Waals surface area contributed by atoms with Crippen molar-refractivity contribution in [3.8, 4) is 11.3 Å². The quantitative estimate of drug-likeness (QED) is 0.675. The van der Waals surface area contributed by atoms with Gasteiger partial charge in [-0.3, -0.25) is 9.67 Å². The summed E-state index contributed by atoms with van der Waals surface area (Å²) in [5, 5.41) is 7.62. The van der Waals surface area contributed by atoms with Gasteiger partial charge in [0, 0.05) is 41.8 Å². The fraction of sp³-hybridized carbons (Fsp3) is 0.348. The number of nitrogens with one attached hydrogen (secondary N) is 1. The predicted molar refractivity (Wildman–Crippen MR) is 110 cm³/mol. The molecule has 2 aliphatic heterocycles. The van der Waals surface area contributed by atoms with Crippen LogP contribution in [0.4, 0.5) is 14.9 Å². The average molecular weight is 403 g/mol. The van der Waals surface area contributed by atoms with Crippen molar-refractivity contribution >= 4 is 11.7 Å². The normalized spacial score (nSPS) is 21.7. The number of hydrogen-bond donors (Lipinski definition) is 1. The van der Waals surface area contributed by atoms with E-state index in [0.717, 1.165) is 35.3 Å². The molecule has 1 saturated heterocycles. The maximum atomic E-state index is 14.4. The van der Waals surface area contributed by atoms with Crippen molar-refractivity contribution in [2.75, 3.05) is 5.32 Å². The maximum absolute atomic E-state index is 14.4. The SMILES string of the molecule is Cn1ccc(-c2cc(NC(=O)N3C4CCC3c3c(F)cncc34)ccc2C2CC2)n1. The summed E-state index contributed by atoms with van der Waals surface area (Å²) >= 11 is 0. The Bertz CT molecular complexity index is 1170. The van der Waals surface area contributed by atoms with Crippen LogP contribution in [-0.4, -0.2) is 25.7 Å². The topological polar surface area (TPSA) is 63.1 Å². The van der Waals surface area contributed by atoms with Gasteiger partial charge in [-0.15, -0.1) is 0 Å². The highest BCUT2D eigenvalue weighted by molar-refractivity contribution is 5.92. The van der Waals surface area contributed by atoms with E-state index in [4.69, 9.17) is 0 Å². The van der Waals surface area contributed by atoms with Crippen LogP contribution >= 0.6 is 0 Å². The molecular formula is C23H22FN5O. The Balaban J connectivity index is 1.30. The molecule has 0 radical (unpaired) electrons. The Kier molecular flexibility index (Phi) is 3.75. The second-order valence-electron chi connectivity index (χ2n) is 8.52. The molecule has 1 N–H and O–H groups in total. The van der Waals surface area contributed by atoms with E-state index in [0.29, 0.717) is 11.5 Å². The van der Waals surface area contributed by atoms with Gasteiger partial charge in [0.05, 0.1) is 24.0 Å². The van der Waals surface area contributed by atoms with Gasteiger partial charge in [-0.05, 0) is 55.4 Å². The molecule has 0 spiro atoms. The number of hydrogen-bond acceptors (Lipinski definition) is 3. The highest BCUT2D eigenvalue weighted by Crippen LogP contribution is 2.53. The molecule has 6 nitrogen and oxygen atoms in total. The first-order valence-electron chi connectivity index (χ1n) is 10.5. The molecule has 30 heavy (non-hydrogen) atoms. The zero-order valence-electron chi connectivity index (χ0n) is 16.7. The second kappa shape index (κ2) is 6.39. The monoisotopic (exact) mass is 403 g/mol. The Morgan fingerprint density at radius 1 is 1.10 bits per heavy atom. The molecule has 6 rings (SSSR count). The molecule has 2 bridgehead atoms. The third-order valence-electron chi connectivity index (χ3n) is 6.59. The minimum absolute atomic E-state index is 0.103. The van der Waals surface area contributed by atoms with Crippen LogP contribution in [0.5, 0.6) is 0 Å². The highest BCUT2D eigenvalue weighted by Gasteiger charge is 2.48. The Morgan fingerprint density at radius 3 is 2.67 bits per heavy atom. The molecule has 7 heteroatoms. The number of nitrogens with zero attached hydrogens (tertiary/aromatic N) is 4. The first kappa shape index (κ1) is 17.6. The fourth-order valence-electron chi connectivity index (χ4n) is 5.11. The van der Waals surface area contributed by atoms with Gasteiger partial charge in [0.2, 0.25) is 0 Å². The summed E-state index contributed by atoms with van der Waals surface area (Å²) in [6, 6.07) is 7.58. The molecular weight excluding hydrogens is 381 g/mol. The molecule has 2 atom stereocenters. The Labute approximate surface area is 173 Å². The van der Waals surface area contributed by atoms with Crippen LogP contribution in [0.1, 0.15) is 60.4 Å². The molecule has 3 aliphatic rings. The van der Waals surface area contributed by atoms with Crippen molar-refractivity contribution in [1.82, 2.24) is 19.7 Å². The van der Waals surface area contributed by atoms with Crippen LogP contribution in [0.3, 0.4) is 0 Å². The van der Waals surface area contributed by atoms with Gasteiger partial charge in [0.25, 0.3) is 0 Å². The zero-order valence-corrected chi connectivity index (χ0v) is 16.7. The van der Waals surface area contributed by atoms with E-state index in [1.807, 2.05) is 31.4 Å². The lowest BCUT2D eigenvalue weighted by Crippen LogP contribution is -2.32. The minimum atomic E-state index is -0.316. The molecule has 2 amide bonds. The molecule has 2 unspecified atom stereocenters. The molecule has 1 aliphatic carbocycles. The lowest BCUT2D eigenvalue weighted by molar-refractivity contribution is 0.196. The van der Waals surface area contributed by atoms with Gasteiger partial charge in [0.1, 0.15) is 5.82 Å². The van der Waals surface area contributed by atoms with Crippen molar-refractivity contribution < 1.29 is 9.18 Å². The van der Waals surface area contributed by atoms with E-state index in [1.54, 1.807) is 15.8 Å². The minimum Gasteiger partial charge on any atom is -0.310 e. The number of benzene rings is 1. The summed E-state index contributed by atoms with van der Waals surface area (Å²) < 4.78 is 16.1. The number of amides is 2. The average Bonchev–Trinajstić information content (AvgIpc) is 3.22. The summed E-state index contributed by atoms with van der Waals surface area (Å²) in [6.07, 6.45) is 8.89. The van der Waals surface area contributed by atoms with Crippen molar-refractivity contribution in [3.63, 3.8) is 0 Å². The van der Waals surface area contributed by atoms with Crippen LogP contribution in [0.2, 0.25) is 0 Å². The van der Waals surface area contributed by atoms with Crippen LogP contribution < -0.4 is 5.32 Å². The number of carbonyl (C=O) groups excluding carboxylic acids is 1. The predicted octanol–water partition coefficient (Wildman–Crippen LogP) is 4.92. The lowest BCUT2D eigenvalue weighted by atomic mass is 9.93. The molecule has 3 aromatic rings. The third-order valence-corrected chi connectivity index (χ3v) is 6.59. The number of pyridine rings is 1. The number of rotatable bonds is 3. The van der Waals surface area contributed by atoms with Gasteiger partial charge in [0.15, 0.2) is 0 Å². The summed E-state index contributed by atoms with van der Waals surface area (Å²) in [5.41, 5.74) is 5.48. The first-order valence-corrected chi connectivity index (χ1v) is 10.5. The number of aryl methyl sites for hydroxylation is 1. The molecule has 2 aromatic heterocycles. The van der Waals surface area contributed by atoms with Crippen molar-refractivity contribution in [1.29, 1.82) is 0 Å². The third kappa shape index (κ3) is 2.65. The number of halogens is 1. The van der Waals surface area contributed by atoms with E-state index in [9.17, 15) is 9.18 Å². The second-order valence-corrected chi connectivity index (χ2v) is 8.52. The zero-order chi connectivity index (χ0) is 20.4. The van der Waals surface area contributed by atoms with E-state index in [-0.39, 0.29) is 23.9 Å². The molecule has 2 fully saturated rings. The highest BCUT2D eigenvalue weighted by atomic mass is 19.1. The maximum Gasteiger partial charge on any atom is 0.322 e. The number of aromatic nitrogens is 3. The van der Waals surface area contributed by atoms with E-state index < -0.39 is 0 Å². The summed E-state index contributed by atoms with van der Waals surface area (Å²) in [6.45, 7) is 0. The van der Waals surface area contributed by atoms with Gasteiger partial charge >= 0.3 is 6.03 Å². The molecule has 1 saturated carbocycles. The number of carbonyl (C=O) groups is 1. The van der Waals surface area contributed by atoms with Gasteiger partial charge < -0.3 is 10.2 Å². The van der Waals surface area contributed by atoms with Gasteiger partial charge in [-0.25, -0.2) is 9.18 Å². The Morgan fingerprint density at radius 2 is 1.93 bits per heavy atom. The van der Waals surface area contributed by atoms with E-state index in [2.05, 4.69) is 21.5 Å². The lowest BCUT2D eigenvalue weighted by Gasteiger charge is -2.23. The molecule has 4 heterocycles. The standard InChI is InChI=1S/C23H22FN5O/c1-28-9-8-19(27-28)16-10-14(4-5-15(16)13-2-3-13)26-23(30)29-20-6-7-21(29)22-17(20)11-25-12-18(22)24/h4-5,8-13,20-21H,2-3,6-7H2,1H3,(H,26,30). The van der Waals surface area contributed by atoms with Crippen molar-refractivity contribution in [2.45, 2.75) is 43.7 Å². The number of fused-ring (bicyclic) bond motifs is 5. The van der Waals surface area contributed by atoms with Gasteiger partial charge in [-0.1, -0.05) is 6.07 Å². The molecule has 1 aromatic carbocycles. The van der Waals surface area contributed by atoms with Crippen LogP contribution in [-0.2, 0) is 7.05 Å². The summed E-state index contributed by atoms with van der Waals surface area (Å²) in [4.78, 5) is 19.0. The first-order chi connectivity index (χ1) is 14.6. The van der Waals surface area contributed by atoms with Crippen LogP contribution in [0.15, 0.2) is 42.9 Å². The largest absolute Gasteiger partial charge is 0.322 e. The van der Waals surface area contributed by atoms with Crippen molar-refractivity contribution in [2.24, 2.45) is 7.05 Å². The van der Waals surface area contributed by atoms with Crippen LogP contribution in [0.25, 0.3) is 11.3 Å². The summed E-state index contributed by atoms with van der Waals surface area (Å²) in [7, 11) is 1.90. The van der Waals surface area contributed by atoms with Crippen LogP contribution in [0, 0.1) is 5.82 Å². The van der Waals surface area contributed by atoms with Crippen molar-refractivity contribution in [3.05, 3.63) is 65.4 Å². The molecule has 152 valence electrons. The van der Waals surface area contributed by atoms with Gasteiger partial charge in [-0.2, -0.15) is 5.10 Å². The smallest absolute Gasteiger partial charge is 0.310 e. The fourth-order valence-corrected chi connectivity index (χ4v) is 5.11. The summed E-state index contributed by atoms with van der Waals surface area (Å²) in [5.74, 6) is 0.259. The number of anilines is 1. The number of urea groups is 1. The Hall–Kier alpha value is -3.22. The van der Waals surface area contributed by atoms with E-state index in [1.165, 1.54) is 24.6 Å².